The molecule has 0 amide bonds. The Kier molecular flexibility index (Phi) is 4.90. The Balaban J connectivity index is 1.68. The third-order valence-corrected chi connectivity index (χ3v) is 5.59. The van der Waals surface area contributed by atoms with Gasteiger partial charge in [-0.15, -0.1) is 0 Å². The molecule has 2 heterocycles. The van der Waals surface area contributed by atoms with Gasteiger partial charge in [0.05, 0.1) is 30.7 Å². The number of Topliss-reactive ketones (excluding diaryl/α,β-unsaturated/α-hetero) is 1. The van der Waals surface area contributed by atoms with Crippen LogP contribution in [0, 0.1) is 5.82 Å². The predicted octanol–water partition coefficient (Wildman–Crippen LogP) is 5.24. The van der Waals surface area contributed by atoms with Crippen LogP contribution in [-0.2, 0) is 6.54 Å². The molecule has 0 bridgehead atoms. The lowest BCUT2D eigenvalue weighted by atomic mass is 9.97. The summed E-state index contributed by atoms with van der Waals surface area (Å²) in [6.45, 7) is 1.80. The first kappa shape index (κ1) is 19.9. The molecular formula is C26H20FN3O2. The van der Waals surface area contributed by atoms with Crippen molar-refractivity contribution >= 4 is 11.5 Å². The summed E-state index contributed by atoms with van der Waals surface area (Å²) in [6, 6.07) is 19.7. The van der Waals surface area contributed by atoms with E-state index in [0.717, 1.165) is 28.5 Å². The number of imidazole rings is 1. The number of aliphatic imine (C=N–C) groups is 1. The van der Waals surface area contributed by atoms with Gasteiger partial charge in [-0.05, 0) is 61.5 Å². The Labute approximate surface area is 184 Å². The van der Waals surface area contributed by atoms with Crippen LogP contribution in [0.25, 0.3) is 16.9 Å². The van der Waals surface area contributed by atoms with Gasteiger partial charge in [0.1, 0.15) is 17.4 Å². The van der Waals surface area contributed by atoms with Gasteiger partial charge < -0.3 is 9.30 Å². The summed E-state index contributed by atoms with van der Waals surface area (Å²) in [5, 5.41) is 0. The highest BCUT2D eigenvalue weighted by Crippen LogP contribution is 2.30. The number of hydrogen-bond donors (Lipinski definition) is 0. The first-order valence-electron chi connectivity index (χ1n) is 10.2. The number of ether oxygens (including phenoxy) is 1. The Morgan fingerprint density at radius 3 is 2.53 bits per heavy atom. The van der Waals surface area contributed by atoms with Crippen LogP contribution in [0.4, 0.5) is 4.39 Å². The van der Waals surface area contributed by atoms with Gasteiger partial charge in [-0.2, -0.15) is 0 Å². The van der Waals surface area contributed by atoms with Crippen LogP contribution in [0.2, 0.25) is 0 Å². The number of halogens is 1. The fourth-order valence-corrected chi connectivity index (χ4v) is 3.91. The van der Waals surface area contributed by atoms with Gasteiger partial charge in [0.2, 0.25) is 0 Å². The number of fused-ring (bicyclic) bond motifs is 3. The van der Waals surface area contributed by atoms with Crippen LogP contribution in [0.1, 0.15) is 34.2 Å². The monoisotopic (exact) mass is 425 g/mol. The number of ketones is 1. The maximum absolute atomic E-state index is 14.7. The topological polar surface area (TPSA) is 56.5 Å². The van der Waals surface area contributed by atoms with E-state index in [0.29, 0.717) is 22.4 Å². The molecule has 1 aromatic heterocycles. The lowest BCUT2D eigenvalue weighted by Crippen LogP contribution is -2.10. The minimum absolute atomic E-state index is 0.0605. The van der Waals surface area contributed by atoms with E-state index in [1.54, 1.807) is 37.4 Å². The van der Waals surface area contributed by atoms with Crippen LogP contribution < -0.4 is 4.74 Å². The minimum atomic E-state index is -0.358. The molecule has 32 heavy (non-hydrogen) atoms. The van der Waals surface area contributed by atoms with E-state index in [9.17, 15) is 9.18 Å². The summed E-state index contributed by atoms with van der Waals surface area (Å²) in [7, 11) is 1.63. The summed E-state index contributed by atoms with van der Waals surface area (Å²) >= 11 is 0. The van der Waals surface area contributed by atoms with Gasteiger partial charge >= 0.3 is 0 Å². The van der Waals surface area contributed by atoms with E-state index in [1.165, 1.54) is 13.0 Å². The highest BCUT2D eigenvalue weighted by atomic mass is 19.1. The fraction of sp³-hybridized carbons (Fsp3) is 0.115. The Morgan fingerprint density at radius 1 is 1.03 bits per heavy atom. The highest BCUT2D eigenvalue weighted by molar-refractivity contribution is 6.16. The maximum atomic E-state index is 14.7. The molecule has 0 radical (unpaired) electrons. The lowest BCUT2D eigenvalue weighted by Gasteiger charge is -2.13. The number of rotatable bonds is 4. The van der Waals surface area contributed by atoms with Gasteiger partial charge in [-0.1, -0.05) is 12.1 Å². The van der Waals surface area contributed by atoms with E-state index in [4.69, 9.17) is 14.7 Å². The van der Waals surface area contributed by atoms with E-state index < -0.39 is 0 Å². The fourth-order valence-electron chi connectivity index (χ4n) is 3.91. The minimum Gasteiger partial charge on any atom is -0.497 e. The van der Waals surface area contributed by atoms with Gasteiger partial charge in [0.25, 0.3) is 0 Å². The number of benzene rings is 3. The summed E-state index contributed by atoms with van der Waals surface area (Å²) in [5.41, 5.74) is 4.71. The number of carbonyl (C=O) groups is 1. The van der Waals surface area contributed by atoms with Crippen molar-refractivity contribution in [1.82, 2.24) is 9.55 Å². The van der Waals surface area contributed by atoms with Crippen molar-refractivity contribution in [3.05, 3.63) is 101 Å². The van der Waals surface area contributed by atoms with E-state index >= 15 is 0 Å². The summed E-state index contributed by atoms with van der Waals surface area (Å²) in [4.78, 5) is 21.6. The quantitative estimate of drug-likeness (QED) is 0.420. The Hall–Kier alpha value is -4.06. The summed E-state index contributed by atoms with van der Waals surface area (Å²) in [5.74, 6) is 1.09. The Bertz CT molecular complexity index is 1370. The SMILES string of the molecule is COc1ccc(-c2cn3c(n2)CN=C(c2ccccc2F)c2cc(C(C)=O)ccc2-3)cc1. The van der Waals surface area contributed by atoms with Gasteiger partial charge in [-0.3, -0.25) is 9.79 Å². The second-order valence-corrected chi connectivity index (χ2v) is 7.57. The lowest BCUT2D eigenvalue weighted by molar-refractivity contribution is 0.101. The zero-order valence-corrected chi connectivity index (χ0v) is 17.7. The third kappa shape index (κ3) is 3.39. The van der Waals surface area contributed by atoms with Gasteiger partial charge in [0.15, 0.2) is 5.78 Å². The molecule has 0 atom stereocenters. The standard InChI is InChI=1S/C26H20FN3O2/c1-16(31)18-9-12-24-21(13-18)26(20-5-3-4-6-22(20)27)28-14-25-29-23(15-30(24)25)17-7-10-19(32-2)11-8-17/h3-13,15H,14H2,1-2H3. The second kappa shape index (κ2) is 7.89. The highest BCUT2D eigenvalue weighted by Gasteiger charge is 2.23. The number of carbonyl (C=O) groups excluding carboxylic acids is 1. The molecule has 5 nitrogen and oxygen atoms in total. The average Bonchev–Trinajstić information content (AvgIpc) is 3.18. The molecule has 0 aliphatic carbocycles. The second-order valence-electron chi connectivity index (χ2n) is 7.57. The van der Waals surface area contributed by atoms with Crippen LogP contribution in [0.3, 0.4) is 0 Å². The first-order valence-corrected chi connectivity index (χ1v) is 10.2. The van der Waals surface area contributed by atoms with Crippen molar-refractivity contribution in [2.45, 2.75) is 13.5 Å². The molecule has 0 saturated carbocycles. The Morgan fingerprint density at radius 2 is 1.81 bits per heavy atom. The van der Waals surface area contributed by atoms with Crippen molar-refractivity contribution < 1.29 is 13.9 Å². The van der Waals surface area contributed by atoms with Crippen LogP contribution >= 0.6 is 0 Å². The van der Waals surface area contributed by atoms with Crippen LogP contribution in [0.15, 0.2) is 77.9 Å². The number of aromatic nitrogens is 2. The molecule has 4 aromatic rings. The summed E-state index contributed by atoms with van der Waals surface area (Å²) < 4.78 is 21.9. The van der Waals surface area contributed by atoms with Gasteiger partial charge in [0, 0.05) is 28.5 Å². The molecule has 0 spiro atoms. The van der Waals surface area contributed by atoms with Crippen LogP contribution in [-0.4, -0.2) is 28.2 Å². The van der Waals surface area contributed by atoms with Crippen molar-refractivity contribution in [2.24, 2.45) is 4.99 Å². The van der Waals surface area contributed by atoms with Gasteiger partial charge in [-0.25, -0.2) is 9.37 Å². The zero-order valence-electron chi connectivity index (χ0n) is 17.7. The number of hydrogen-bond acceptors (Lipinski definition) is 4. The van der Waals surface area contributed by atoms with Crippen molar-refractivity contribution in [3.63, 3.8) is 0 Å². The largest absolute Gasteiger partial charge is 0.497 e. The molecule has 1 aliphatic heterocycles. The number of methoxy groups -OCH3 is 1. The molecular weight excluding hydrogens is 405 g/mol. The third-order valence-electron chi connectivity index (χ3n) is 5.59. The maximum Gasteiger partial charge on any atom is 0.159 e. The van der Waals surface area contributed by atoms with E-state index in [-0.39, 0.29) is 18.1 Å². The zero-order chi connectivity index (χ0) is 22.2. The van der Waals surface area contributed by atoms with E-state index in [1.807, 2.05) is 41.1 Å². The molecule has 1 aliphatic rings. The molecule has 0 unspecified atom stereocenters. The molecule has 6 heteroatoms. The first-order chi connectivity index (χ1) is 15.5. The smallest absolute Gasteiger partial charge is 0.159 e. The van der Waals surface area contributed by atoms with Crippen molar-refractivity contribution in [2.75, 3.05) is 7.11 Å². The van der Waals surface area contributed by atoms with E-state index in [2.05, 4.69) is 0 Å². The number of nitrogens with zero attached hydrogens (tertiary/aromatic N) is 3. The molecule has 5 rings (SSSR count). The van der Waals surface area contributed by atoms with Crippen molar-refractivity contribution in [3.8, 4) is 22.7 Å². The van der Waals surface area contributed by atoms with Crippen LogP contribution in [0.5, 0.6) is 5.75 Å². The summed E-state index contributed by atoms with van der Waals surface area (Å²) in [6.07, 6.45) is 1.95. The average molecular weight is 425 g/mol. The molecule has 158 valence electrons. The predicted molar refractivity (Wildman–Crippen MR) is 121 cm³/mol. The van der Waals surface area contributed by atoms with Crippen molar-refractivity contribution in [1.29, 1.82) is 0 Å². The molecule has 0 saturated heterocycles. The molecule has 3 aromatic carbocycles. The molecule has 0 fully saturated rings. The molecule has 0 N–H and O–H groups in total. The normalized spacial score (nSPS) is 12.4.